The summed E-state index contributed by atoms with van der Waals surface area (Å²) in [5.74, 6) is 0.610. The number of hydrogen-bond acceptors (Lipinski definition) is 4. The largest absolute Gasteiger partial charge is 0.342 e. The molecule has 2 aromatic heterocycles. The molecule has 3 heterocycles. The van der Waals surface area contributed by atoms with E-state index in [2.05, 4.69) is 39.5 Å². The van der Waals surface area contributed by atoms with E-state index < -0.39 is 0 Å². The van der Waals surface area contributed by atoms with Crippen LogP contribution in [0.3, 0.4) is 0 Å². The molecule has 6 heteroatoms. The van der Waals surface area contributed by atoms with Crippen molar-refractivity contribution in [1.82, 2.24) is 14.8 Å². The van der Waals surface area contributed by atoms with Gasteiger partial charge in [0.25, 0.3) is 5.91 Å². The molecule has 1 atom stereocenters. The zero-order valence-electron chi connectivity index (χ0n) is 19.4. The summed E-state index contributed by atoms with van der Waals surface area (Å²) in [7, 11) is 0. The molecule has 1 saturated carbocycles. The second-order valence-corrected chi connectivity index (χ2v) is 10.2. The number of amides is 2. The first-order valence-corrected chi connectivity index (χ1v) is 13.2. The van der Waals surface area contributed by atoms with Gasteiger partial charge in [-0.25, -0.2) is 0 Å². The first kappa shape index (κ1) is 22.8. The number of aromatic nitrogens is 1. The van der Waals surface area contributed by atoms with Crippen LogP contribution in [-0.4, -0.2) is 51.8 Å². The van der Waals surface area contributed by atoms with E-state index in [0.29, 0.717) is 24.1 Å². The average Bonchev–Trinajstić information content (AvgIpc) is 3.59. The standard InChI is InChI=1S/C28H31N3O2S/c32-27(19-22-13-17-34-20-22)30-15-11-23(12-16-30)26(18-21-6-2-1-3-7-21)31(24-9-10-24)28(33)25-8-4-5-14-29-25/h1-8,13-14,17,20,23-24,26H,9-12,15-16,18-19H2/t26-/m1/s1. The van der Waals surface area contributed by atoms with E-state index >= 15 is 0 Å². The van der Waals surface area contributed by atoms with Gasteiger partial charge in [-0.1, -0.05) is 36.4 Å². The number of benzene rings is 1. The zero-order valence-corrected chi connectivity index (χ0v) is 20.2. The topological polar surface area (TPSA) is 53.5 Å². The van der Waals surface area contributed by atoms with Gasteiger partial charge in [-0.3, -0.25) is 14.6 Å². The van der Waals surface area contributed by atoms with E-state index in [4.69, 9.17) is 0 Å². The first-order chi connectivity index (χ1) is 16.7. The Bertz CT molecular complexity index is 1080. The third kappa shape index (κ3) is 5.39. The summed E-state index contributed by atoms with van der Waals surface area (Å²) < 4.78 is 0. The molecule has 1 aromatic carbocycles. The van der Waals surface area contributed by atoms with Gasteiger partial charge < -0.3 is 9.80 Å². The molecule has 2 aliphatic rings. The molecule has 0 spiro atoms. The van der Waals surface area contributed by atoms with E-state index in [1.807, 2.05) is 40.6 Å². The molecule has 2 fully saturated rings. The van der Waals surface area contributed by atoms with Gasteiger partial charge in [-0.2, -0.15) is 11.3 Å². The highest BCUT2D eigenvalue weighted by Gasteiger charge is 2.42. The third-order valence-corrected chi connectivity index (χ3v) is 7.81. The fourth-order valence-corrected chi connectivity index (χ4v) is 5.79. The predicted octanol–water partition coefficient (Wildman–Crippen LogP) is 4.84. The number of piperidine rings is 1. The van der Waals surface area contributed by atoms with Crippen LogP contribution in [-0.2, 0) is 17.6 Å². The Balaban J connectivity index is 1.34. The molecular formula is C28H31N3O2S. The Morgan fingerprint density at radius 1 is 0.971 bits per heavy atom. The molecule has 0 bridgehead atoms. The first-order valence-electron chi connectivity index (χ1n) is 12.3. The Kier molecular flexibility index (Phi) is 7.05. The Morgan fingerprint density at radius 2 is 1.74 bits per heavy atom. The number of carbonyl (C=O) groups is 2. The van der Waals surface area contributed by atoms with Crippen LogP contribution < -0.4 is 0 Å². The van der Waals surface area contributed by atoms with E-state index in [9.17, 15) is 9.59 Å². The number of thiophene rings is 1. The molecule has 5 nitrogen and oxygen atoms in total. The average molecular weight is 474 g/mol. The molecule has 1 aliphatic heterocycles. The molecule has 1 saturated heterocycles. The molecule has 1 aliphatic carbocycles. The van der Waals surface area contributed by atoms with Gasteiger partial charge in [0, 0.05) is 31.4 Å². The van der Waals surface area contributed by atoms with Gasteiger partial charge in [-0.15, -0.1) is 0 Å². The highest BCUT2D eigenvalue weighted by molar-refractivity contribution is 7.08. The quantitative estimate of drug-likeness (QED) is 0.470. The SMILES string of the molecule is O=C(Cc1ccsc1)N1CCC([C@@H](Cc2ccccc2)N(C(=O)c2ccccn2)C2CC2)CC1. The molecule has 3 aromatic rings. The molecular weight excluding hydrogens is 442 g/mol. The van der Waals surface area contributed by atoms with Crippen molar-refractivity contribution in [2.75, 3.05) is 13.1 Å². The molecule has 176 valence electrons. The highest BCUT2D eigenvalue weighted by Crippen LogP contribution is 2.36. The van der Waals surface area contributed by atoms with Crippen LogP contribution in [0.4, 0.5) is 0 Å². The van der Waals surface area contributed by atoms with Crippen LogP contribution in [0.25, 0.3) is 0 Å². The van der Waals surface area contributed by atoms with Gasteiger partial charge in [0.15, 0.2) is 0 Å². The van der Waals surface area contributed by atoms with Gasteiger partial charge >= 0.3 is 0 Å². The molecule has 0 unspecified atom stereocenters. The van der Waals surface area contributed by atoms with Crippen molar-refractivity contribution in [2.45, 2.75) is 50.6 Å². The molecule has 0 radical (unpaired) electrons. The number of rotatable bonds is 8. The number of carbonyl (C=O) groups excluding carboxylic acids is 2. The summed E-state index contributed by atoms with van der Waals surface area (Å²) in [5, 5.41) is 4.07. The maximum Gasteiger partial charge on any atom is 0.272 e. The van der Waals surface area contributed by atoms with E-state index in [1.54, 1.807) is 17.5 Å². The van der Waals surface area contributed by atoms with Gasteiger partial charge in [0.1, 0.15) is 5.69 Å². The molecule has 5 rings (SSSR count). The van der Waals surface area contributed by atoms with Crippen LogP contribution in [0.5, 0.6) is 0 Å². The van der Waals surface area contributed by atoms with E-state index in [0.717, 1.165) is 50.8 Å². The summed E-state index contributed by atoms with van der Waals surface area (Å²) in [6.45, 7) is 1.52. The third-order valence-electron chi connectivity index (χ3n) is 7.08. The smallest absolute Gasteiger partial charge is 0.272 e. The van der Waals surface area contributed by atoms with Crippen LogP contribution >= 0.6 is 11.3 Å². The predicted molar refractivity (Wildman–Crippen MR) is 135 cm³/mol. The molecule has 2 amide bonds. The van der Waals surface area contributed by atoms with Crippen molar-refractivity contribution in [3.8, 4) is 0 Å². The Labute approximate surface area is 205 Å². The Morgan fingerprint density at radius 3 is 2.38 bits per heavy atom. The van der Waals surface area contributed by atoms with Crippen molar-refractivity contribution >= 4 is 23.2 Å². The lowest BCUT2D eigenvalue weighted by molar-refractivity contribution is -0.132. The lowest BCUT2D eigenvalue weighted by atomic mass is 9.84. The van der Waals surface area contributed by atoms with Crippen LogP contribution in [0.2, 0.25) is 0 Å². The maximum absolute atomic E-state index is 13.7. The zero-order chi connectivity index (χ0) is 23.3. The second kappa shape index (κ2) is 10.5. The van der Waals surface area contributed by atoms with Crippen LogP contribution in [0.15, 0.2) is 71.6 Å². The lowest BCUT2D eigenvalue weighted by Crippen LogP contribution is -2.51. The number of nitrogens with zero attached hydrogens (tertiary/aromatic N) is 3. The molecule has 34 heavy (non-hydrogen) atoms. The van der Waals surface area contributed by atoms with E-state index in [1.165, 1.54) is 5.56 Å². The summed E-state index contributed by atoms with van der Waals surface area (Å²) in [4.78, 5) is 35.0. The van der Waals surface area contributed by atoms with Gasteiger partial charge in [0.05, 0.1) is 6.42 Å². The Hall–Kier alpha value is -2.99. The fraction of sp³-hybridized carbons (Fsp3) is 0.393. The summed E-state index contributed by atoms with van der Waals surface area (Å²) >= 11 is 1.63. The summed E-state index contributed by atoms with van der Waals surface area (Å²) in [6, 6.07) is 18.5. The van der Waals surface area contributed by atoms with Crippen molar-refractivity contribution in [3.05, 3.63) is 88.4 Å². The monoisotopic (exact) mass is 473 g/mol. The number of likely N-dealkylation sites (tertiary alicyclic amines) is 1. The van der Waals surface area contributed by atoms with Gasteiger partial charge in [-0.05, 0) is 78.1 Å². The number of hydrogen-bond donors (Lipinski definition) is 0. The minimum Gasteiger partial charge on any atom is -0.342 e. The summed E-state index contributed by atoms with van der Waals surface area (Å²) in [6.07, 6.45) is 6.97. The summed E-state index contributed by atoms with van der Waals surface area (Å²) in [5.41, 5.74) is 2.87. The fourth-order valence-electron chi connectivity index (χ4n) is 5.12. The van der Waals surface area contributed by atoms with Crippen molar-refractivity contribution in [3.63, 3.8) is 0 Å². The van der Waals surface area contributed by atoms with Crippen molar-refractivity contribution in [1.29, 1.82) is 0 Å². The van der Waals surface area contributed by atoms with Gasteiger partial charge in [0.2, 0.25) is 5.91 Å². The van der Waals surface area contributed by atoms with Crippen molar-refractivity contribution < 1.29 is 9.59 Å². The van der Waals surface area contributed by atoms with E-state index in [-0.39, 0.29) is 17.9 Å². The van der Waals surface area contributed by atoms with Crippen molar-refractivity contribution in [2.24, 2.45) is 5.92 Å². The van der Waals surface area contributed by atoms with Crippen LogP contribution in [0, 0.1) is 5.92 Å². The lowest BCUT2D eigenvalue weighted by Gasteiger charge is -2.41. The minimum atomic E-state index is 0.0417. The minimum absolute atomic E-state index is 0.0417. The maximum atomic E-state index is 13.7. The number of pyridine rings is 1. The molecule has 0 N–H and O–H groups in total. The second-order valence-electron chi connectivity index (χ2n) is 9.44. The highest BCUT2D eigenvalue weighted by atomic mass is 32.1. The van der Waals surface area contributed by atoms with Crippen LogP contribution in [0.1, 0.15) is 47.3 Å². The normalized spacial score (nSPS) is 17.4.